The standard InChI is InChI=1S/C21H14IN3/c22-13-8-9-16-15-6-1-2-7-17(15)19-20(18(16)11-13)25-21(24-19)12-4-3-5-14(23)10-12/h1-11H,23H2,(H,24,25). The molecule has 0 aliphatic carbocycles. The lowest BCUT2D eigenvalue weighted by Gasteiger charge is -2.06. The number of rotatable bonds is 1. The van der Waals surface area contributed by atoms with Crippen LogP contribution >= 0.6 is 22.6 Å². The monoisotopic (exact) mass is 435 g/mol. The molecule has 4 aromatic carbocycles. The Morgan fingerprint density at radius 1 is 0.800 bits per heavy atom. The Labute approximate surface area is 158 Å². The summed E-state index contributed by atoms with van der Waals surface area (Å²) in [4.78, 5) is 8.45. The average Bonchev–Trinajstić information content (AvgIpc) is 3.08. The van der Waals surface area contributed by atoms with Crippen molar-refractivity contribution in [3.8, 4) is 11.4 Å². The maximum Gasteiger partial charge on any atom is 0.138 e. The lowest BCUT2D eigenvalue weighted by molar-refractivity contribution is 1.34. The van der Waals surface area contributed by atoms with E-state index in [1.54, 1.807) is 0 Å². The van der Waals surface area contributed by atoms with Gasteiger partial charge in [-0.1, -0.05) is 42.5 Å². The van der Waals surface area contributed by atoms with Gasteiger partial charge >= 0.3 is 0 Å². The molecule has 1 aromatic heterocycles. The Morgan fingerprint density at radius 3 is 2.44 bits per heavy atom. The van der Waals surface area contributed by atoms with Crippen molar-refractivity contribution >= 4 is 60.9 Å². The minimum Gasteiger partial charge on any atom is -0.399 e. The van der Waals surface area contributed by atoms with Gasteiger partial charge in [0, 0.05) is 25.6 Å². The van der Waals surface area contributed by atoms with Crippen molar-refractivity contribution in [1.29, 1.82) is 0 Å². The molecule has 5 aromatic rings. The summed E-state index contributed by atoms with van der Waals surface area (Å²) in [5.74, 6) is 0.846. The molecule has 4 heteroatoms. The van der Waals surface area contributed by atoms with Crippen LogP contribution in [-0.2, 0) is 0 Å². The number of hydrogen-bond acceptors (Lipinski definition) is 2. The van der Waals surface area contributed by atoms with Crippen LogP contribution < -0.4 is 5.73 Å². The van der Waals surface area contributed by atoms with Crippen molar-refractivity contribution in [3.05, 3.63) is 70.3 Å². The Morgan fingerprint density at radius 2 is 1.60 bits per heavy atom. The molecule has 0 unspecified atom stereocenters. The van der Waals surface area contributed by atoms with Crippen molar-refractivity contribution in [2.45, 2.75) is 0 Å². The van der Waals surface area contributed by atoms with Crippen molar-refractivity contribution in [2.75, 3.05) is 5.73 Å². The van der Waals surface area contributed by atoms with Gasteiger partial charge in [0.25, 0.3) is 0 Å². The van der Waals surface area contributed by atoms with Crippen molar-refractivity contribution in [2.24, 2.45) is 0 Å². The van der Waals surface area contributed by atoms with Crippen molar-refractivity contribution < 1.29 is 0 Å². The lowest BCUT2D eigenvalue weighted by Crippen LogP contribution is -1.86. The molecule has 1 heterocycles. The third-order valence-corrected chi connectivity index (χ3v) is 5.26. The van der Waals surface area contributed by atoms with Crippen LogP contribution in [0.5, 0.6) is 0 Å². The molecule has 25 heavy (non-hydrogen) atoms. The molecule has 0 fully saturated rings. The highest BCUT2D eigenvalue weighted by Crippen LogP contribution is 2.36. The summed E-state index contributed by atoms with van der Waals surface area (Å²) in [6.45, 7) is 0. The van der Waals surface area contributed by atoms with Crippen LogP contribution in [0, 0.1) is 3.57 Å². The number of hydrogen-bond donors (Lipinski definition) is 2. The highest BCUT2D eigenvalue weighted by atomic mass is 127. The number of aromatic amines is 1. The molecule has 0 aliphatic rings. The number of imidazole rings is 1. The SMILES string of the molecule is Nc1cccc(-c2nc3c4cc(I)ccc4c4ccccc4c3[nH]2)c1. The molecule has 0 bridgehead atoms. The highest BCUT2D eigenvalue weighted by molar-refractivity contribution is 14.1. The zero-order chi connectivity index (χ0) is 17.0. The van der Waals surface area contributed by atoms with Crippen LogP contribution in [-0.4, -0.2) is 9.97 Å². The second-order valence-corrected chi connectivity index (χ2v) is 7.42. The number of halogens is 1. The molecular formula is C21H14IN3. The number of anilines is 1. The number of nitrogens with two attached hydrogens (primary N) is 1. The van der Waals surface area contributed by atoms with E-state index in [-0.39, 0.29) is 0 Å². The van der Waals surface area contributed by atoms with Gasteiger partial charge in [0.1, 0.15) is 5.82 Å². The summed E-state index contributed by atoms with van der Waals surface area (Å²) in [6.07, 6.45) is 0. The van der Waals surface area contributed by atoms with E-state index in [0.717, 1.165) is 28.1 Å². The highest BCUT2D eigenvalue weighted by Gasteiger charge is 2.14. The first kappa shape index (κ1) is 14.7. The minimum atomic E-state index is 0.738. The lowest BCUT2D eigenvalue weighted by atomic mass is 10.0. The fraction of sp³-hybridized carbons (Fsp3) is 0. The number of fused-ring (bicyclic) bond motifs is 6. The molecule has 0 amide bonds. The van der Waals surface area contributed by atoms with Gasteiger partial charge < -0.3 is 10.7 Å². The fourth-order valence-electron chi connectivity index (χ4n) is 3.47. The zero-order valence-corrected chi connectivity index (χ0v) is 15.4. The third-order valence-electron chi connectivity index (χ3n) is 4.59. The zero-order valence-electron chi connectivity index (χ0n) is 13.3. The summed E-state index contributed by atoms with van der Waals surface area (Å²) < 4.78 is 1.20. The van der Waals surface area contributed by atoms with Gasteiger partial charge in [-0.15, -0.1) is 0 Å². The Kier molecular flexibility index (Phi) is 3.21. The average molecular weight is 435 g/mol. The van der Waals surface area contributed by atoms with Crippen molar-refractivity contribution in [3.63, 3.8) is 0 Å². The molecule has 0 atom stereocenters. The second-order valence-electron chi connectivity index (χ2n) is 6.17. The van der Waals surface area contributed by atoms with Gasteiger partial charge in [-0.2, -0.15) is 0 Å². The molecule has 0 spiro atoms. The van der Waals surface area contributed by atoms with Gasteiger partial charge in [-0.25, -0.2) is 4.98 Å². The molecule has 120 valence electrons. The predicted octanol–water partition coefficient (Wildman–Crippen LogP) is 5.72. The van der Waals surface area contributed by atoms with Crippen LogP contribution in [0.25, 0.3) is 44.0 Å². The summed E-state index contributed by atoms with van der Waals surface area (Å²) in [5.41, 5.74) is 9.76. The van der Waals surface area contributed by atoms with Gasteiger partial charge in [0.15, 0.2) is 0 Å². The van der Waals surface area contributed by atoms with E-state index in [1.807, 2.05) is 24.3 Å². The van der Waals surface area contributed by atoms with Crippen LogP contribution in [0.3, 0.4) is 0 Å². The van der Waals surface area contributed by atoms with E-state index in [2.05, 4.69) is 70.0 Å². The molecule has 5 rings (SSSR count). The molecule has 0 radical (unpaired) electrons. The van der Waals surface area contributed by atoms with E-state index in [1.165, 1.54) is 25.1 Å². The number of aromatic nitrogens is 2. The topological polar surface area (TPSA) is 54.7 Å². The van der Waals surface area contributed by atoms with E-state index in [4.69, 9.17) is 10.7 Å². The third kappa shape index (κ3) is 2.28. The Bertz CT molecular complexity index is 1270. The summed E-state index contributed by atoms with van der Waals surface area (Å²) in [6, 6.07) is 22.8. The number of nitrogens with one attached hydrogen (secondary N) is 1. The first-order chi connectivity index (χ1) is 12.2. The summed E-state index contributed by atoms with van der Waals surface area (Å²) in [5, 5.41) is 4.83. The smallest absolute Gasteiger partial charge is 0.138 e. The maximum absolute atomic E-state index is 5.95. The first-order valence-electron chi connectivity index (χ1n) is 8.06. The van der Waals surface area contributed by atoms with Crippen molar-refractivity contribution in [1.82, 2.24) is 9.97 Å². The van der Waals surface area contributed by atoms with Crippen LogP contribution in [0.1, 0.15) is 0 Å². The molecule has 3 N–H and O–H groups in total. The normalized spacial score (nSPS) is 11.6. The Hall–Kier alpha value is -2.60. The predicted molar refractivity (Wildman–Crippen MR) is 114 cm³/mol. The summed E-state index contributed by atoms with van der Waals surface area (Å²) >= 11 is 2.35. The van der Waals surface area contributed by atoms with Gasteiger partial charge in [-0.05, 0) is 57.6 Å². The molecule has 3 nitrogen and oxygen atoms in total. The first-order valence-corrected chi connectivity index (χ1v) is 9.14. The van der Waals surface area contributed by atoms with Crippen LogP contribution in [0.2, 0.25) is 0 Å². The largest absolute Gasteiger partial charge is 0.399 e. The van der Waals surface area contributed by atoms with Crippen LogP contribution in [0.15, 0.2) is 66.7 Å². The number of H-pyrrole nitrogens is 1. The summed E-state index contributed by atoms with van der Waals surface area (Å²) in [7, 11) is 0. The minimum absolute atomic E-state index is 0.738. The number of nitrogens with zero attached hydrogens (tertiary/aromatic N) is 1. The molecule has 0 aliphatic heterocycles. The Balaban J connectivity index is 1.96. The molecule has 0 saturated carbocycles. The molecular weight excluding hydrogens is 421 g/mol. The van der Waals surface area contributed by atoms with E-state index in [9.17, 15) is 0 Å². The van der Waals surface area contributed by atoms with Gasteiger partial charge in [-0.3, -0.25) is 0 Å². The van der Waals surface area contributed by atoms with Gasteiger partial charge in [0.05, 0.1) is 11.0 Å². The second kappa shape index (κ2) is 5.46. The maximum atomic E-state index is 5.95. The van der Waals surface area contributed by atoms with E-state index in [0.29, 0.717) is 0 Å². The van der Waals surface area contributed by atoms with E-state index < -0.39 is 0 Å². The van der Waals surface area contributed by atoms with E-state index >= 15 is 0 Å². The molecule has 0 saturated heterocycles. The fourth-order valence-corrected chi connectivity index (χ4v) is 3.96. The quantitative estimate of drug-likeness (QED) is 0.201. The van der Waals surface area contributed by atoms with Crippen LogP contribution in [0.4, 0.5) is 5.69 Å². The van der Waals surface area contributed by atoms with Gasteiger partial charge in [0.2, 0.25) is 0 Å². The number of benzene rings is 4. The number of nitrogen functional groups attached to an aromatic ring is 1.